The minimum Gasteiger partial charge on any atom is -0.463 e. The molecule has 24 heavy (non-hydrogen) atoms. The van der Waals surface area contributed by atoms with E-state index in [1.54, 1.807) is 26.0 Å². The van der Waals surface area contributed by atoms with E-state index in [0.717, 1.165) is 5.56 Å². The SMILES string of the molecule is Cc1ccc(C(C)(O)CNC(=O)c2cn[nH]c2-c2ccccc2)o1. The average Bonchev–Trinajstić information content (AvgIpc) is 3.23. The summed E-state index contributed by atoms with van der Waals surface area (Å²) in [5.41, 5.74) is 0.642. The summed E-state index contributed by atoms with van der Waals surface area (Å²) in [7, 11) is 0. The third kappa shape index (κ3) is 3.23. The van der Waals surface area contributed by atoms with Crippen LogP contribution in [0.2, 0.25) is 0 Å². The molecule has 2 aromatic heterocycles. The first kappa shape index (κ1) is 16.0. The molecule has 124 valence electrons. The highest BCUT2D eigenvalue weighted by Crippen LogP contribution is 2.23. The summed E-state index contributed by atoms with van der Waals surface area (Å²) >= 11 is 0. The highest BCUT2D eigenvalue weighted by atomic mass is 16.4. The topological polar surface area (TPSA) is 91.1 Å². The largest absolute Gasteiger partial charge is 0.463 e. The Morgan fingerprint density at radius 3 is 2.71 bits per heavy atom. The number of furan rings is 1. The van der Waals surface area contributed by atoms with E-state index in [9.17, 15) is 9.90 Å². The third-order valence-corrected chi connectivity index (χ3v) is 3.81. The van der Waals surface area contributed by atoms with Crippen molar-refractivity contribution >= 4 is 5.91 Å². The van der Waals surface area contributed by atoms with Crippen LogP contribution in [0.3, 0.4) is 0 Å². The lowest BCUT2D eigenvalue weighted by molar-refractivity contribution is 0.0323. The molecule has 1 unspecified atom stereocenters. The minimum atomic E-state index is -1.29. The molecule has 6 heteroatoms. The smallest absolute Gasteiger partial charge is 0.255 e. The third-order valence-electron chi connectivity index (χ3n) is 3.81. The molecule has 1 amide bonds. The van der Waals surface area contributed by atoms with E-state index in [2.05, 4.69) is 15.5 Å². The van der Waals surface area contributed by atoms with E-state index in [1.807, 2.05) is 30.3 Å². The number of hydrogen-bond acceptors (Lipinski definition) is 4. The number of nitrogens with zero attached hydrogens (tertiary/aromatic N) is 1. The molecular formula is C18H19N3O3. The van der Waals surface area contributed by atoms with Gasteiger partial charge < -0.3 is 14.8 Å². The van der Waals surface area contributed by atoms with Crippen molar-refractivity contribution in [2.75, 3.05) is 6.54 Å². The maximum absolute atomic E-state index is 12.5. The summed E-state index contributed by atoms with van der Waals surface area (Å²) in [6, 6.07) is 13.0. The van der Waals surface area contributed by atoms with Crippen LogP contribution in [-0.2, 0) is 5.60 Å². The van der Waals surface area contributed by atoms with Crippen molar-refractivity contribution in [2.45, 2.75) is 19.4 Å². The molecule has 3 N–H and O–H groups in total. The quantitative estimate of drug-likeness (QED) is 0.672. The van der Waals surface area contributed by atoms with Crippen LogP contribution in [0.15, 0.2) is 53.1 Å². The van der Waals surface area contributed by atoms with Gasteiger partial charge in [-0.15, -0.1) is 0 Å². The lowest BCUT2D eigenvalue weighted by atomic mass is 10.0. The highest BCUT2D eigenvalue weighted by Gasteiger charge is 2.28. The molecule has 1 aromatic carbocycles. The second-order valence-corrected chi connectivity index (χ2v) is 5.89. The van der Waals surface area contributed by atoms with Gasteiger partial charge in [0, 0.05) is 5.56 Å². The number of amides is 1. The molecule has 2 heterocycles. The number of H-pyrrole nitrogens is 1. The lowest BCUT2D eigenvalue weighted by Crippen LogP contribution is -2.38. The maximum atomic E-state index is 12.5. The van der Waals surface area contributed by atoms with Crippen LogP contribution < -0.4 is 5.32 Å². The number of benzene rings is 1. The molecule has 6 nitrogen and oxygen atoms in total. The van der Waals surface area contributed by atoms with Crippen LogP contribution >= 0.6 is 0 Å². The number of rotatable bonds is 5. The van der Waals surface area contributed by atoms with Crippen molar-refractivity contribution in [3.63, 3.8) is 0 Å². The Hall–Kier alpha value is -2.86. The van der Waals surface area contributed by atoms with Crippen molar-refractivity contribution < 1.29 is 14.3 Å². The van der Waals surface area contributed by atoms with E-state index in [4.69, 9.17) is 4.42 Å². The first-order chi connectivity index (χ1) is 11.5. The fourth-order valence-electron chi connectivity index (χ4n) is 2.44. The van der Waals surface area contributed by atoms with Gasteiger partial charge in [0.1, 0.15) is 17.1 Å². The van der Waals surface area contributed by atoms with Crippen molar-refractivity contribution in [2.24, 2.45) is 0 Å². The van der Waals surface area contributed by atoms with E-state index in [1.165, 1.54) is 6.20 Å². The Labute approximate surface area is 139 Å². The Bertz CT molecular complexity index is 834. The van der Waals surface area contributed by atoms with Crippen LogP contribution in [0.25, 0.3) is 11.3 Å². The maximum Gasteiger partial charge on any atom is 0.255 e. The number of aliphatic hydroxyl groups is 1. The van der Waals surface area contributed by atoms with Crippen LogP contribution in [0, 0.1) is 6.92 Å². The van der Waals surface area contributed by atoms with Gasteiger partial charge in [-0.25, -0.2) is 0 Å². The van der Waals surface area contributed by atoms with Crippen LogP contribution in [0.5, 0.6) is 0 Å². The van der Waals surface area contributed by atoms with Crippen LogP contribution in [0.1, 0.15) is 28.8 Å². The van der Waals surface area contributed by atoms with E-state index in [-0.39, 0.29) is 12.5 Å². The number of carbonyl (C=O) groups is 1. The van der Waals surface area contributed by atoms with Crippen molar-refractivity contribution in [3.05, 3.63) is 65.7 Å². The van der Waals surface area contributed by atoms with Crippen LogP contribution in [-0.4, -0.2) is 27.8 Å². The number of hydrogen-bond donors (Lipinski definition) is 3. The van der Waals surface area contributed by atoms with Crippen molar-refractivity contribution in [1.29, 1.82) is 0 Å². The molecule has 0 aliphatic carbocycles. The van der Waals surface area contributed by atoms with Gasteiger partial charge >= 0.3 is 0 Å². The predicted octanol–water partition coefficient (Wildman–Crippen LogP) is 2.62. The summed E-state index contributed by atoms with van der Waals surface area (Å²) in [5.74, 6) is 0.805. The van der Waals surface area contributed by atoms with E-state index < -0.39 is 5.60 Å². The monoisotopic (exact) mass is 325 g/mol. The predicted molar refractivity (Wildman–Crippen MR) is 89.4 cm³/mol. The van der Waals surface area contributed by atoms with E-state index >= 15 is 0 Å². The zero-order chi connectivity index (χ0) is 17.2. The molecule has 0 aliphatic heterocycles. The summed E-state index contributed by atoms with van der Waals surface area (Å²) in [6.45, 7) is 3.42. The van der Waals surface area contributed by atoms with Gasteiger partial charge in [0.2, 0.25) is 0 Å². The average molecular weight is 325 g/mol. The Balaban J connectivity index is 1.74. The van der Waals surface area contributed by atoms with Crippen molar-refractivity contribution in [1.82, 2.24) is 15.5 Å². The molecule has 1 atom stereocenters. The van der Waals surface area contributed by atoms with Gasteiger partial charge in [0.15, 0.2) is 0 Å². The van der Waals surface area contributed by atoms with Crippen LogP contribution in [0.4, 0.5) is 0 Å². The molecule has 0 aliphatic rings. The zero-order valence-electron chi connectivity index (χ0n) is 13.5. The number of aryl methyl sites for hydroxylation is 1. The van der Waals surface area contributed by atoms with Gasteiger partial charge in [-0.3, -0.25) is 9.89 Å². The molecule has 0 saturated carbocycles. The molecule has 3 rings (SSSR count). The normalized spacial score (nSPS) is 13.5. The second kappa shape index (κ2) is 6.33. The fraction of sp³-hybridized carbons (Fsp3) is 0.222. The Morgan fingerprint density at radius 2 is 2.04 bits per heavy atom. The summed E-state index contributed by atoms with van der Waals surface area (Å²) in [6.07, 6.45) is 1.48. The first-order valence-electron chi connectivity index (χ1n) is 7.63. The zero-order valence-corrected chi connectivity index (χ0v) is 13.5. The number of aromatic nitrogens is 2. The van der Waals surface area contributed by atoms with Gasteiger partial charge in [0.05, 0.1) is 24.0 Å². The summed E-state index contributed by atoms with van der Waals surface area (Å²) in [5, 5.41) is 20.0. The Morgan fingerprint density at radius 1 is 1.29 bits per heavy atom. The van der Waals surface area contributed by atoms with Gasteiger partial charge in [-0.05, 0) is 26.0 Å². The standard InChI is InChI=1S/C18H19N3O3/c1-12-8-9-15(24-12)18(2,23)11-19-17(22)14-10-20-21-16(14)13-6-4-3-5-7-13/h3-10,23H,11H2,1-2H3,(H,19,22)(H,20,21). The molecule has 0 fully saturated rings. The lowest BCUT2D eigenvalue weighted by Gasteiger charge is -2.21. The minimum absolute atomic E-state index is 0.0260. The second-order valence-electron chi connectivity index (χ2n) is 5.89. The number of carbonyl (C=O) groups excluding carboxylic acids is 1. The molecule has 3 aromatic rings. The van der Waals surface area contributed by atoms with Gasteiger partial charge in [0.25, 0.3) is 5.91 Å². The number of aromatic amines is 1. The van der Waals surface area contributed by atoms with Gasteiger partial charge in [-0.1, -0.05) is 30.3 Å². The molecule has 0 bridgehead atoms. The Kier molecular flexibility index (Phi) is 4.22. The first-order valence-corrected chi connectivity index (χ1v) is 7.63. The number of nitrogens with one attached hydrogen (secondary N) is 2. The summed E-state index contributed by atoms with van der Waals surface area (Å²) in [4.78, 5) is 12.5. The molecule has 0 saturated heterocycles. The summed E-state index contributed by atoms with van der Waals surface area (Å²) < 4.78 is 5.44. The molecule has 0 spiro atoms. The molecular weight excluding hydrogens is 306 g/mol. The van der Waals surface area contributed by atoms with Crippen molar-refractivity contribution in [3.8, 4) is 11.3 Å². The van der Waals surface area contributed by atoms with Gasteiger partial charge in [-0.2, -0.15) is 5.10 Å². The molecule has 0 radical (unpaired) electrons. The van der Waals surface area contributed by atoms with E-state index in [0.29, 0.717) is 22.8 Å². The highest BCUT2D eigenvalue weighted by molar-refractivity contribution is 5.99. The fourth-order valence-corrected chi connectivity index (χ4v) is 2.44.